The van der Waals surface area contributed by atoms with Gasteiger partial charge in [0.2, 0.25) is 0 Å². The lowest BCUT2D eigenvalue weighted by Crippen LogP contribution is -2.38. The van der Waals surface area contributed by atoms with Gasteiger partial charge in [-0.3, -0.25) is 9.69 Å². The van der Waals surface area contributed by atoms with E-state index >= 15 is 0 Å². The number of carboxylic acid groups (broad SMARTS) is 1. The third-order valence-electron chi connectivity index (χ3n) is 2.86. The van der Waals surface area contributed by atoms with Crippen molar-refractivity contribution in [2.24, 2.45) is 0 Å². The molecular formula is C14H19FN2O3. The van der Waals surface area contributed by atoms with Crippen LogP contribution in [0.2, 0.25) is 0 Å². The number of para-hydroxylation sites is 1. The van der Waals surface area contributed by atoms with Crippen LogP contribution in [0.3, 0.4) is 0 Å². The van der Waals surface area contributed by atoms with Crippen LogP contribution in [0, 0.1) is 5.82 Å². The number of benzene rings is 1. The van der Waals surface area contributed by atoms with Crippen LogP contribution in [-0.2, 0) is 4.79 Å². The molecule has 0 saturated heterocycles. The number of aliphatic carboxylic acids is 1. The minimum atomic E-state index is -0.812. The van der Waals surface area contributed by atoms with E-state index in [1.807, 2.05) is 0 Å². The van der Waals surface area contributed by atoms with Gasteiger partial charge in [-0.2, -0.15) is 0 Å². The monoisotopic (exact) mass is 282 g/mol. The second kappa shape index (κ2) is 8.14. The number of hydrogen-bond donors (Lipinski definition) is 2. The summed E-state index contributed by atoms with van der Waals surface area (Å²) in [6.07, 6.45) is 2.16. The van der Waals surface area contributed by atoms with Crippen LogP contribution < -0.4 is 10.2 Å². The lowest BCUT2D eigenvalue weighted by Gasteiger charge is -2.18. The van der Waals surface area contributed by atoms with Crippen LogP contribution in [0.4, 0.5) is 14.9 Å². The summed E-state index contributed by atoms with van der Waals surface area (Å²) in [6.45, 7) is 0.442. The first-order valence-corrected chi connectivity index (χ1v) is 6.50. The maximum absolute atomic E-state index is 13.5. The summed E-state index contributed by atoms with van der Waals surface area (Å²) < 4.78 is 13.5. The molecule has 0 aliphatic carbocycles. The lowest BCUT2D eigenvalue weighted by atomic mass is 10.2. The summed E-state index contributed by atoms with van der Waals surface area (Å²) in [6, 6.07) is 5.67. The summed E-state index contributed by atoms with van der Waals surface area (Å²) in [7, 11) is 1.50. The van der Waals surface area contributed by atoms with Gasteiger partial charge in [-0.15, -0.1) is 0 Å². The average Bonchev–Trinajstić information content (AvgIpc) is 2.42. The van der Waals surface area contributed by atoms with E-state index in [4.69, 9.17) is 5.11 Å². The normalized spacial score (nSPS) is 10.1. The number of anilines is 1. The average molecular weight is 282 g/mol. The van der Waals surface area contributed by atoms with Crippen LogP contribution >= 0.6 is 0 Å². The quantitative estimate of drug-likeness (QED) is 0.755. The number of unbranched alkanes of at least 4 members (excludes halogenated alkanes) is 2. The van der Waals surface area contributed by atoms with Crippen molar-refractivity contribution in [2.45, 2.75) is 25.7 Å². The van der Waals surface area contributed by atoms with Crippen molar-refractivity contribution in [3.63, 3.8) is 0 Å². The molecule has 1 aromatic rings. The summed E-state index contributed by atoms with van der Waals surface area (Å²) in [5.74, 6) is -1.26. The van der Waals surface area contributed by atoms with Crippen molar-refractivity contribution in [2.75, 3.05) is 18.5 Å². The van der Waals surface area contributed by atoms with E-state index in [9.17, 15) is 14.0 Å². The van der Waals surface area contributed by atoms with E-state index in [0.717, 1.165) is 6.42 Å². The zero-order valence-corrected chi connectivity index (χ0v) is 11.4. The standard InChI is InChI=1S/C14H19FN2O3/c1-17(12-8-5-4-7-11(12)15)14(20)16-10-6-2-3-9-13(18)19/h4-5,7-8H,2-3,6,9-10H2,1H3,(H,16,20)(H,18,19). The van der Waals surface area contributed by atoms with Crippen molar-refractivity contribution in [1.29, 1.82) is 0 Å². The summed E-state index contributed by atoms with van der Waals surface area (Å²) >= 11 is 0. The molecule has 0 atom stereocenters. The van der Waals surface area contributed by atoms with Gasteiger partial charge in [0, 0.05) is 20.0 Å². The van der Waals surface area contributed by atoms with Gasteiger partial charge < -0.3 is 10.4 Å². The topological polar surface area (TPSA) is 69.6 Å². The molecule has 0 radical (unpaired) electrons. The minimum Gasteiger partial charge on any atom is -0.481 e. The molecular weight excluding hydrogens is 263 g/mol. The number of nitrogens with one attached hydrogen (secondary N) is 1. The van der Waals surface area contributed by atoms with Gasteiger partial charge in [0.25, 0.3) is 0 Å². The Hall–Kier alpha value is -2.11. The molecule has 20 heavy (non-hydrogen) atoms. The van der Waals surface area contributed by atoms with Crippen LogP contribution in [0.5, 0.6) is 0 Å². The molecule has 1 rings (SSSR count). The molecule has 0 spiro atoms. The van der Waals surface area contributed by atoms with E-state index in [1.54, 1.807) is 12.1 Å². The smallest absolute Gasteiger partial charge is 0.321 e. The number of hydrogen-bond acceptors (Lipinski definition) is 2. The molecule has 110 valence electrons. The van der Waals surface area contributed by atoms with Crippen molar-refractivity contribution >= 4 is 17.7 Å². The maximum Gasteiger partial charge on any atom is 0.321 e. The van der Waals surface area contributed by atoms with Gasteiger partial charge in [-0.1, -0.05) is 18.6 Å². The van der Waals surface area contributed by atoms with Gasteiger partial charge in [0.1, 0.15) is 5.82 Å². The van der Waals surface area contributed by atoms with Crippen LogP contribution in [-0.4, -0.2) is 30.7 Å². The van der Waals surface area contributed by atoms with Crippen LogP contribution in [0.15, 0.2) is 24.3 Å². The second-order valence-corrected chi connectivity index (χ2v) is 4.45. The third-order valence-corrected chi connectivity index (χ3v) is 2.86. The zero-order chi connectivity index (χ0) is 15.0. The third kappa shape index (κ3) is 5.26. The van der Waals surface area contributed by atoms with Gasteiger partial charge in [0.15, 0.2) is 0 Å². The Labute approximate surface area is 117 Å². The second-order valence-electron chi connectivity index (χ2n) is 4.45. The fourth-order valence-corrected chi connectivity index (χ4v) is 1.73. The molecule has 0 unspecified atom stereocenters. The highest BCUT2D eigenvalue weighted by Gasteiger charge is 2.13. The van der Waals surface area contributed by atoms with Crippen LogP contribution in [0.25, 0.3) is 0 Å². The first kappa shape index (κ1) is 15.9. The lowest BCUT2D eigenvalue weighted by molar-refractivity contribution is -0.137. The molecule has 1 aromatic carbocycles. The summed E-state index contributed by atoms with van der Waals surface area (Å²) in [4.78, 5) is 23.3. The van der Waals surface area contributed by atoms with Crippen molar-refractivity contribution < 1.29 is 19.1 Å². The van der Waals surface area contributed by atoms with E-state index in [2.05, 4.69) is 5.32 Å². The van der Waals surface area contributed by atoms with Crippen molar-refractivity contribution in [3.05, 3.63) is 30.1 Å². The highest BCUT2D eigenvalue weighted by Crippen LogP contribution is 2.16. The number of nitrogens with zero attached hydrogens (tertiary/aromatic N) is 1. The number of rotatable bonds is 7. The number of carbonyl (C=O) groups is 2. The van der Waals surface area contributed by atoms with Crippen molar-refractivity contribution in [3.8, 4) is 0 Å². The number of amides is 2. The van der Waals surface area contributed by atoms with Gasteiger partial charge >= 0.3 is 12.0 Å². The van der Waals surface area contributed by atoms with Crippen molar-refractivity contribution in [1.82, 2.24) is 5.32 Å². The Morgan fingerprint density at radius 1 is 1.25 bits per heavy atom. The molecule has 6 heteroatoms. The van der Waals surface area contributed by atoms with Gasteiger partial charge in [-0.05, 0) is 25.0 Å². The molecule has 2 amide bonds. The first-order valence-electron chi connectivity index (χ1n) is 6.50. The summed E-state index contributed by atoms with van der Waals surface area (Å²) in [5, 5.41) is 11.1. The van der Waals surface area contributed by atoms with E-state index < -0.39 is 11.8 Å². The molecule has 0 aromatic heterocycles. The van der Waals surface area contributed by atoms with Gasteiger partial charge in [0.05, 0.1) is 5.69 Å². The number of carboxylic acids is 1. The maximum atomic E-state index is 13.5. The van der Waals surface area contributed by atoms with E-state index in [1.165, 1.54) is 24.1 Å². The van der Waals surface area contributed by atoms with E-state index in [0.29, 0.717) is 19.4 Å². The fraction of sp³-hybridized carbons (Fsp3) is 0.429. The minimum absolute atomic E-state index is 0.142. The molecule has 0 bridgehead atoms. The summed E-state index contributed by atoms with van der Waals surface area (Å²) in [5.41, 5.74) is 0.218. The molecule has 0 aliphatic rings. The molecule has 5 nitrogen and oxygen atoms in total. The number of carbonyl (C=O) groups excluding carboxylic acids is 1. The van der Waals surface area contributed by atoms with Gasteiger partial charge in [-0.25, -0.2) is 9.18 Å². The highest BCUT2D eigenvalue weighted by molar-refractivity contribution is 5.91. The predicted octanol–water partition coefficient (Wildman–Crippen LogP) is 2.62. The molecule has 0 heterocycles. The number of urea groups is 1. The van der Waals surface area contributed by atoms with Crippen LogP contribution in [0.1, 0.15) is 25.7 Å². The Kier molecular flexibility index (Phi) is 6.49. The first-order chi connectivity index (χ1) is 9.52. The molecule has 2 N–H and O–H groups in total. The highest BCUT2D eigenvalue weighted by atomic mass is 19.1. The van der Waals surface area contributed by atoms with E-state index in [-0.39, 0.29) is 18.1 Å². The largest absolute Gasteiger partial charge is 0.481 e. The fourth-order valence-electron chi connectivity index (χ4n) is 1.73. The molecule has 0 aliphatic heterocycles. The Morgan fingerprint density at radius 3 is 2.60 bits per heavy atom. The molecule has 0 saturated carbocycles. The Balaban J connectivity index is 2.29. The Morgan fingerprint density at radius 2 is 1.95 bits per heavy atom. The zero-order valence-electron chi connectivity index (χ0n) is 11.4. The number of halogens is 1. The predicted molar refractivity (Wildman–Crippen MR) is 74.3 cm³/mol. The molecule has 0 fully saturated rings. The SMILES string of the molecule is CN(C(=O)NCCCCCC(=O)O)c1ccccc1F. The Bertz CT molecular complexity index is 465.